The maximum absolute atomic E-state index is 6.08. The van der Waals surface area contributed by atoms with Crippen molar-refractivity contribution in [3.05, 3.63) is 24.0 Å². The Hall–Kier alpha value is -0.920. The van der Waals surface area contributed by atoms with E-state index >= 15 is 0 Å². The summed E-state index contributed by atoms with van der Waals surface area (Å²) >= 11 is 0. The van der Waals surface area contributed by atoms with Crippen molar-refractivity contribution in [3.63, 3.8) is 0 Å². The summed E-state index contributed by atoms with van der Waals surface area (Å²) < 4.78 is 0. The van der Waals surface area contributed by atoms with Crippen molar-refractivity contribution in [1.82, 2.24) is 4.90 Å². The Kier molecular flexibility index (Phi) is 5.44. The van der Waals surface area contributed by atoms with Crippen LogP contribution in [0.25, 0.3) is 0 Å². The molecule has 1 heterocycles. The Morgan fingerprint density at radius 1 is 1.44 bits per heavy atom. The van der Waals surface area contributed by atoms with Crippen LogP contribution in [0.2, 0.25) is 0 Å². The number of nitrogens with zero attached hydrogens (tertiary/aromatic N) is 1. The standard InChI is InChI=1S/C14H26N2/c1-4-6-7-9-13-10-16(11-13)14(15)12(3)8-5-2/h5,13H,2,4,6-11,15H2,1,3H3/b14-12-. The van der Waals surface area contributed by atoms with Gasteiger partial charge in [0.05, 0.1) is 5.82 Å². The zero-order valence-corrected chi connectivity index (χ0v) is 10.8. The van der Waals surface area contributed by atoms with E-state index in [9.17, 15) is 0 Å². The van der Waals surface area contributed by atoms with Crippen LogP contribution in [0.1, 0.15) is 46.0 Å². The molecule has 2 N–H and O–H groups in total. The van der Waals surface area contributed by atoms with E-state index in [0.29, 0.717) is 0 Å². The molecule has 16 heavy (non-hydrogen) atoms. The average molecular weight is 222 g/mol. The number of hydrogen-bond acceptors (Lipinski definition) is 2. The van der Waals surface area contributed by atoms with Gasteiger partial charge in [-0.2, -0.15) is 0 Å². The van der Waals surface area contributed by atoms with Gasteiger partial charge < -0.3 is 10.6 Å². The number of hydrogen-bond donors (Lipinski definition) is 1. The smallest absolute Gasteiger partial charge is 0.0978 e. The van der Waals surface area contributed by atoms with Gasteiger partial charge in [-0.05, 0) is 31.3 Å². The zero-order chi connectivity index (χ0) is 12.0. The molecule has 1 rings (SSSR count). The van der Waals surface area contributed by atoms with Crippen molar-refractivity contribution >= 4 is 0 Å². The van der Waals surface area contributed by atoms with E-state index in [1.54, 1.807) is 0 Å². The first-order valence-corrected chi connectivity index (χ1v) is 6.50. The molecule has 1 fully saturated rings. The van der Waals surface area contributed by atoms with E-state index in [4.69, 9.17) is 5.73 Å². The summed E-state index contributed by atoms with van der Waals surface area (Å²) in [6.45, 7) is 10.4. The van der Waals surface area contributed by atoms with Gasteiger partial charge in [0.1, 0.15) is 0 Å². The third-order valence-corrected chi connectivity index (χ3v) is 3.40. The third kappa shape index (κ3) is 3.58. The highest BCUT2D eigenvalue weighted by molar-refractivity contribution is 5.13. The Balaban J connectivity index is 2.24. The van der Waals surface area contributed by atoms with Crippen LogP contribution < -0.4 is 5.73 Å². The first-order chi connectivity index (χ1) is 7.69. The molecule has 0 amide bonds. The molecule has 1 aliphatic rings. The monoisotopic (exact) mass is 222 g/mol. The first kappa shape index (κ1) is 13.1. The Bertz CT molecular complexity index is 249. The minimum atomic E-state index is 0.877. The zero-order valence-electron chi connectivity index (χ0n) is 10.8. The lowest BCUT2D eigenvalue weighted by Gasteiger charge is -2.42. The summed E-state index contributed by atoms with van der Waals surface area (Å²) in [6.07, 6.45) is 8.26. The molecule has 2 heteroatoms. The quantitative estimate of drug-likeness (QED) is 0.529. The van der Waals surface area contributed by atoms with Gasteiger partial charge in [-0.25, -0.2) is 0 Å². The number of nitrogens with two attached hydrogens (primary N) is 1. The summed E-state index contributed by atoms with van der Waals surface area (Å²) in [5.41, 5.74) is 7.34. The highest BCUT2D eigenvalue weighted by Gasteiger charge is 2.27. The van der Waals surface area contributed by atoms with E-state index in [-0.39, 0.29) is 0 Å². The molecular weight excluding hydrogens is 196 g/mol. The van der Waals surface area contributed by atoms with Gasteiger partial charge in [0.25, 0.3) is 0 Å². The van der Waals surface area contributed by atoms with Crippen molar-refractivity contribution in [3.8, 4) is 0 Å². The van der Waals surface area contributed by atoms with Crippen LogP contribution in [-0.4, -0.2) is 18.0 Å². The molecule has 0 unspecified atom stereocenters. The summed E-state index contributed by atoms with van der Waals surface area (Å²) in [5.74, 6) is 1.85. The molecule has 0 aromatic rings. The molecular formula is C14H26N2. The second kappa shape index (κ2) is 6.62. The fraction of sp³-hybridized carbons (Fsp3) is 0.714. The molecule has 1 aliphatic heterocycles. The van der Waals surface area contributed by atoms with Crippen LogP contribution >= 0.6 is 0 Å². The van der Waals surface area contributed by atoms with Crippen molar-refractivity contribution in [1.29, 1.82) is 0 Å². The van der Waals surface area contributed by atoms with Gasteiger partial charge >= 0.3 is 0 Å². The third-order valence-electron chi connectivity index (χ3n) is 3.40. The van der Waals surface area contributed by atoms with Crippen molar-refractivity contribution < 1.29 is 0 Å². The predicted octanol–water partition coefficient (Wildman–Crippen LogP) is 3.26. The number of allylic oxidation sites excluding steroid dienone is 2. The maximum Gasteiger partial charge on any atom is 0.0978 e. The van der Waals surface area contributed by atoms with E-state index in [1.807, 2.05) is 6.08 Å². The Morgan fingerprint density at radius 3 is 2.69 bits per heavy atom. The van der Waals surface area contributed by atoms with Crippen LogP contribution in [0.5, 0.6) is 0 Å². The average Bonchev–Trinajstić information content (AvgIpc) is 2.21. The molecule has 0 aromatic heterocycles. The van der Waals surface area contributed by atoms with Crippen LogP contribution in [0.15, 0.2) is 24.0 Å². The molecule has 0 spiro atoms. The van der Waals surface area contributed by atoms with Gasteiger partial charge in [-0.15, -0.1) is 6.58 Å². The first-order valence-electron chi connectivity index (χ1n) is 6.50. The van der Waals surface area contributed by atoms with Crippen molar-refractivity contribution in [2.75, 3.05) is 13.1 Å². The number of unbranched alkanes of at least 4 members (excludes halogenated alkanes) is 2. The maximum atomic E-state index is 6.08. The van der Waals surface area contributed by atoms with Gasteiger partial charge in [-0.3, -0.25) is 0 Å². The minimum absolute atomic E-state index is 0.877. The molecule has 2 nitrogen and oxygen atoms in total. The fourth-order valence-corrected chi connectivity index (χ4v) is 2.22. The summed E-state index contributed by atoms with van der Waals surface area (Å²) in [7, 11) is 0. The normalized spacial score (nSPS) is 18.0. The minimum Gasteiger partial charge on any atom is -0.385 e. The number of likely N-dealkylation sites (tertiary alicyclic amines) is 1. The van der Waals surface area contributed by atoms with Crippen LogP contribution in [0.3, 0.4) is 0 Å². The van der Waals surface area contributed by atoms with Gasteiger partial charge in [0.15, 0.2) is 0 Å². The largest absolute Gasteiger partial charge is 0.385 e. The highest BCUT2D eigenvalue weighted by Crippen LogP contribution is 2.25. The molecule has 0 aromatic carbocycles. The number of rotatable bonds is 7. The van der Waals surface area contributed by atoms with Gasteiger partial charge in [0.2, 0.25) is 0 Å². The van der Waals surface area contributed by atoms with Crippen molar-refractivity contribution in [2.45, 2.75) is 46.0 Å². The molecule has 1 saturated heterocycles. The topological polar surface area (TPSA) is 29.3 Å². The molecule has 0 bridgehead atoms. The highest BCUT2D eigenvalue weighted by atomic mass is 15.2. The molecule has 92 valence electrons. The summed E-state index contributed by atoms with van der Waals surface area (Å²) in [4.78, 5) is 2.30. The second-order valence-electron chi connectivity index (χ2n) is 4.93. The van der Waals surface area contributed by atoms with E-state index < -0.39 is 0 Å². The van der Waals surface area contributed by atoms with Gasteiger partial charge in [0, 0.05) is 13.1 Å². The molecule has 0 atom stereocenters. The SMILES string of the molecule is C=CC/C(C)=C(/N)N1CC(CCCCC)C1. The van der Waals surface area contributed by atoms with Gasteiger partial charge in [-0.1, -0.05) is 32.3 Å². The fourth-order valence-electron chi connectivity index (χ4n) is 2.22. The van der Waals surface area contributed by atoms with Crippen LogP contribution in [-0.2, 0) is 0 Å². The lowest BCUT2D eigenvalue weighted by molar-refractivity contribution is 0.129. The van der Waals surface area contributed by atoms with Crippen LogP contribution in [0.4, 0.5) is 0 Å². The molecule has 0 aliphatic carbocycles. The summed E-state index contributed by atoms with van der Waals surface area (Å²) in [5, 5.41) is 0. The molecule has 0 saturated carbocycles. The lowest BCUT2D eigenvalue weighted by atomic mass is 9.93. The van der Waals surface area contributed by atoms with Crippen molar-refractivity contribution in [2.24, 2.45) is 11.7 Å². The van der Waals surface area contributed by atoms with E-state index in [1.165, 1.54) is 31.3 Å². The Morgan fingerprint density at radius 2 is 2.12 bits per heavy atom. The second-order valence-corrected chi connectivity index (χ2v) is 4.93. The predicted molar refractivity (Wildman–Crippen MR) is 70.9 cm³/mol. The van der Waals surface area contributed by atoms with E-state index in [0.717, 1.165) is 31.2 Å². The Labute approximate surface area is 100 Å². The van der Waals surface area contributed by atoms with E-state index in [2.05, 4.69) is 25.3 Å². The molecule has 0 radical (unpaired) electrons. The lowest BCUT2D eigenvalue weighted by Crippen LogP contribution is -2.48. The van der Waals surface area contributed by atoms with Crippen LogP contribution in [0, 0.1) is 5.92 Å². The summed E-state index contributed by atoms with van der Waals surface area (Å²) in [6, 6.07) is 0.